The van der Waals surface area contributed by atoms with Crippen LogP contribution in [0.1, 0.15) is 30.3 Å². The third kappa shape index (κ3) is 2.81. The quantitative estimate of drug-likeness (QED) is 0.904. The summed E-state index contributed by atoms with van der Waals surface area (Å²) in [5, 5.41) is 21.3. The molecule has 2 heterocycles. The summed E-state index contributed by atoms with van der Waals surface area (Å²) in [6, 6.07) is 7.47. The van der Waals surface area contributed by atoms with E-state index in [9.17, 15) is 9.90 Å². The van der Waals surface area contributed by atoms with Crippen molar-refractivity contribution >= 4 is 34.3 Å². The highest BCUT2D eigenvalue weighted by atomic mass is 32.2. The Kier molecular flexibility index (Phi) is 3.71. The molecular weight excluding hydrogens is 286 g/mol. The molecule has 0 radical (unpaired) electrons. The second-order valence-corrected chi connectivity index (χ2v) is 7.18. The number of nitrogens with zero attached hydrogens (tertiary/aromatic N) is 2. The average molecular weight is 303 g/mol. The van der Waals surface area contributed by atoms with Crippen LogP contribution in [0.3, 0.4) is 0 Å². The van der Waals surface area contributed by atoms with E-state index in [1.807, 2.05) is 36.0 Å². The fourth-order valence-electron chi connectivity index (χ4n) is 2.63. The minimum atomic E-state index is -1.06. The molecule has 1 fully saturated rings. The van der Waals surface area contributed by atoms with Gasteiger partial charge in [-0.15, -0.1) is 10.2 Å². The minimum Gasteiger partial charge on any atom is -0.476 e. The molecule has 0 spiro atoms. The highest BCUT2D eigenvalue weighted by molar-refractivity contribution is 8.00. The molecule has 0 amide bonds. The predicted octanol–water partition coefficient (Wildman–Crippen LogP) is 3.03. The second kappa shape index (κ2) is 5.52. The number of anilines is 1. The number of carboxylic acids is 1. The van der Waals surface area contributed by atoms with E-state index >= 15 is 0 Å². The van der Waals surface area contributed by atoms with Gasteiger partial charge in [0.1, 0.15) is 0 Å². The van der Waals surface area contributed by atoms with Gasteiger partial charge in [0.05, 0.1) is 11.2 Å². The number of fused-ring (bicyclic) bond motifs is 1. The zero-order valence-electron chi connectivity index (χ0n) is 11.8. The molecule has 1 aliphatic rings. The fraction of sp³-hybridized carbons (Fsp3) is 0.400. The lowest BCUT2D eigenvalue weighted by Gasteiger charge is -2.24. The molecule has 1 saturated heterocycles. The molecule has 3 rings (SSSR count). The first-order chi connectivity index (χ1) is 10.1. The summed E-state index contributed by atoms with van der Waals surface area (Å²) >= 11 is 1.94. The van der Waals surface area contributed by atoms with E-state index in [0.29, 0.717) is 11.2 Å². The zero-order valence-corrected chi connectivity index (χ0v) is 12.6. The highest BCUT2D eigenvalue weighted by Gasteiger charge is 2.30. The summed E-state index contributed by atoms with van der Waals surface area (Å²) in [6.45, 7) is 2.95. The van der Waals surface area contributed by atoms with E-state index in [4.69, 9.17) is 0 Å². The maximum absolute atomic E-state index is 11.4. The lowest BCUT2D eigenvalue weighted by atomic mass is 10.1. The molecule has 2 N–H and O–H groups in total. The molecule has 0 aliphatic carbocycles. The molecule has 110 valence electrons. The Morgan fingerprint density at radius 1 is 1.43 bits per heavy atom. The number of nitrogens with one attached hydrogen (secondary N) is 1. The number of carbonyl (C=O) groups is 1. The van der Waals surface area contributed by atoms with Gasteiger partial charge < -0.3 is 10.4 Å². The standard InChI is InChI=1S/C15H17N3O2S/c1-15(7-4-8-21-15)9-16-12-10-5-2-3-6-11(10)17-18-13(12)14(19)20/h2-3,5-6H,4,7-9H2,1H3,(H,16,17)(H,19,20). The van der Waals surface area contributed by atoms with Crippen LogP contribution >= 0.6 is 11.8 Å². The lowest BCUT2D eigenvalue weighted by molar-refractivity contribution is 0.0690. The highest BCUT2D eigenvalue weighted by Crippen LogP contribution is 2.38. The largest absolute Gasteiger partial charge is 0.476 e. The van der Waals surface area contributed by atoms with Gasteiger partial charge in [-0.3, -0.25) is 0 Å². The number of aromatic carboxylic acids is 1. The van der Waals surface area contributed by atoms with E-state index in [1.165, 1.54) is 12.2 Å². The van der Waals surface area contributed by atoms with Crippen LogP contribution in [0, 0.1) is 0 Å². The Labute approximate surface area is 127 Å². The first kappa shape index (κ1) is 14.1. The molecule has 1 aromatic heterocycles. The molecule has 2 aromatic rings. The molecule has 1 aliphatic heterocycles. The smallest absolute Gasteiger partial charge is 0.358 e. The monoisotopic (exact) mass is 303 g/mol. The molecule has 1 unspecified atom stereocenters. The molecule has 1 atom stereocenters. The summed E-state index contributed by atoms with van der Waals surface area (Å²) in [7, 11) is 0. The van der Waals surface area contributed by atoms with Crippen molar-refractivity contribution in [1.82, 2.24) is 10.2 Å². The van der Waals surface area contributed by atoms with Gasteiger partial charge in [-0.05, 0) is 31.6 Å². The van der Waals surface area contributed by atoms with Crippen molar-refractivity contribution in [1.29, 1.82) is 0 Å². The lowest BCUT2D eigenvalue weighted by Crippen LogP contribution is -2.28. The summed E-state index contributed by atoms with van der Waals surface area (Å²) in [5.41, 5.74) is 1.26. The van der Waals surface area contributed by atoms with Gasteiger partial charge in [0, 0.05) is 16.7 Å². The number of hydrogen-bond donors (Lipinski definition) is 2. The maximum Gasteiger partial charge on any atom is 0.358 e. The third-order valence-electron chi connectivity index (χ3n) is 3.81. The number of carboxylic acid groups (broad SMARTS) is 1. The van der Waals surface area contributed by atoms with Crippen LogP contribution in [0.25, 0.3) is 10.9 Å². The third-order valence-corrected chi connectivity index (χ3v) is 5.35. The minimum absolute atomic E-state index is 0.0136. The summed E-state index contributed by atoms with van der Waals surface area (Å²) in [6.07, 6.45) is 2.35. The van der Waals surface area contributed by atoms with E-state index in [0.717, 1.165) is 18.4 Å². The Hall–Kier alpha value is -1.82. The summed E-state index contributed by atoms with van der Waals surface area (Å²) < 4.78 is 0.153. The first-order valence-electron chi connectivity index (χ1n) is 6.96. The van der Waals surface area contributed by atoms with Gasteiger partial charge >= 0.3 is 5.97 Å². The van der Waals surface area contributed by atoms with Crippen molar-refractivity contribution in [2.24, 2.45) is 0 Å². The Morgan fingerprint density at radius 3 is 2.95 bits per heavy atom. The average Bonchev–Trinajstić information content (AvgIpc) is 2.91. The van der Waals surface area contributed by atoms with Crippen LogP contribution in [0.4, 0.5) is 5.69 Å². The van der Waals surface area contributed by atoms with E-state index in [1.54, 1.807) is 0 Å². The van der Waals surface area contributed by atoms with Crippen molar-refractivity contribution < 1.29 is 9.90 Å². The molecule has 5 nitrogen and oxygen atoms in total. The molecule has 0 bridgehead atoms. The number of thioether (sulfide) groups is 1. The van der Waals surface area contributed by atoms with Crippen LogP contribution in [0.5, 0.6) is 0 Å². The number of rotatable bonds is 4. The van der Waals surface area contributed by atoms with Gasteiger partial charge in [0.2, 0.25) is 0 Å². The molecular formula is C15H17N3O2S. The van der Waals surface area contributed by atoms with E-state index in [2.05, 4.69) is 22.4 Å². The van der Waals surface area contributed by atoms with Crippen LogP contribution in [-0.4, -0.2) is 38.3 Å². The van der Waals surface area contributed by atoms with Crippen molar-refractivity contribution in [2.75, 3.05) is 17.6 Å². The number of hydrogen-bond acceptors (Lipinski definition) is 5. The molecule has 21 heavy (non-hydrogen) atoms. The molecule has 6 heteroatoms. The van der Waals surface area contributed by atoms with Crippen molar-refractivity contribution in [3.05, 3.63) is 30.0 Å². The van der Waals surface area contributed by atoms with Gasteiger partial charge in [-0.2, -0.15) is 11.8 Å². The second-order valence-electron chi connectivity index (χ2n) is 5.50. The Bertz CT molecular complexity index is 684. The summed E-state index contributed by atoms with van der Waals surface area (Å²) in [4.78, 5) is 11.4. The van der Waals surface area contributed by atoms with Crippen molar-refractivity contribution in [3.63, 3.8) is 0 Å². The van der Waals surface area contributed by atoms with Crippen molar-refractivity contribution in [2.45, 2.75) is 24.5 Å². The van der Waals surface area contributed by atoms with Crippen LogP contribution < -0.4 is 5.32 Å². The zero-order chi connectivity index (χ0) is 14.9. The fourth-order valence-corrected chi connectivity index (χ4v) is 3.88. The molecule has 1 aromatic carbocycles. The topological polar surface area (TPSA) is 75.1 Å². The first-order valence-corrected chi connectivity index (χ1v) is 7.94. The number of aromatic nitrogens is 2. The maximum atomic E-state index is 11.4. The van der Waals surface area contributed by atoms with Gasteiger partial charge in [0.15, 0.2) is 5.69 Å². The van der Waals surface area contributed by atoms with Gasteiger partial charge in [-0.25, -0.2) is 4.79 Å². The van der Waals surface area contributed by atoms with Crippen LogP contribution in [-0.2, 0) is 0 Å². The van der Waals surface area contributed by atoms with E-state index in [-0.39, 0.29) is 10.4 Å². The predicted molar refractivity (Wildman–Crippen MR) is 85.1 cm³/mol. The van der Waals surface area contributed by atoms with E-state index < -0.39 is 5.97 Å². The summed E-state index contributed by atoms with van der Waals surface area (Å²) in [5.74, 6) is 0.110. The SMILES string of the molecule is CC1(CNc2c(C(=O)O)nnc3ccccc23)CCCS1. The molecule has 0 saturated carbocycles. The number of benzene rings is 1. The van der Waals surface area contributed by atoms with Gasteiger partial charge in [-0.1, -0.05) is 18.2 Å². The van der Waals surface area contributed by atoms with Crippen LogP contribution in [0.2, 0.25) is 0 Å². The van der Waals surface area contributed by atoms with Crippen LogP contribution in [0.15, 0.2) is 24.3 Å². The normalized spacial score (nSPS) is 21.6. The van der Waals surface area contributed by atoms with Crippen molar-refractivity contribution in [3.8, 4) is 0 Å². The Morgan fingerprint density at radius 2 is 2.24 bits per heavy atom. The van der Waals surface area contributed by atoms with Gasteiger partial charge in [0.25, 0.3) is 0 Å². The Balaban J connectivity index is 1.98.